The molecule has 0 atom stereocenters. The highest BCUT2D eigenvalue weighted by Gasteiger charge is 2.21. The predicted octanol–water partition coefficient (Wildman–Crippen LogP) is 0.535. The molecular weight excluding hydrogens is 239 g/mol. The molecule has 0 unspecified atom stereocenters. The van der Waals surface area contributed by atoms with Crippen LogP contribution in [0.4, 0.5) is 0 Å². The van der Waals surface area contributed by atoms with E-state index >= 15 is 0 Å². The second-order valence-corrected chi connectivity index (χ2v) is 5.71. The van der Waals surface area contributed by atoms with Gasteiger partial charge in [-0.25, -0.2) is 0 Å². The minimum absolute atomic E-state index is 0.0370. The average molecular weight is 258 g/mol. The molecule has 0 spiro atoms. The van der Waals surface area contributed by atoms with Crippen molar-refractivity contribution in [2.45, 2.75) is 33.1 Å². The molecule has 0 saturated carbocycles. The van der Waals surface area contributed by atoms with Gasteiger partial charge in [-0.15, -0.1) is 5.10 Å². The number of benzene rings is 1. The van der Waals surface area contributed by atoms with Crippen molar-refractivity contribution in [3.8, 4) is 11.4 Å². The largest absolute Gasteiger partial charge is 0.497 e. The van der Waals surface area contributed by atoms with E-state index in [0.29, 0.717) is 0 Å². The van der Waals surface area contributed by atoms with Gasteiger partial charge >= 0.3 is 0 Å². The molecule has 0 bridgehead atoms. The fourth-order valence-electron chi connectivity index (χ4n) is 2.24. The first kappa shape index (κ1) is 13.6. The molecule has 100 valence electrons. The van der Waals surface area contributed by atoms with Crippen LogP contribution in [0, 0.1) is 6.92 Å². The monoisotopic (exact) mass is 258 g/mol. The Bertz CT molecular complexity index is 601. The third-order valence-corrected chi connectivity index (χ3v) is 3.25. The van der Waals surface area contributed by atoms with Crippen molar-refractivity contribution in [1.82, 2.24) is 20.2 Å². The molecule has 2 rings (SSSR count). The average Bonchev–Trinajstić information content (AvgIpc) is 2.74. The minimum Gasteiger partial charge on any atom is -0.497 e. The van der Waals surface area contributed by atoms with E-state index in [1.807, 2.05) is 13.0 Å². The molecule has 0 saturated heterocycles. The van der Waals surface area contributed by atoms with Crippen LogP contribution in [0.3, 0.4) is 0 Å². The van der Waals surface area contributed by atoms with Crippen molar-refractivity contribution in [3.63, 3.8) is 0 Å². The summed E-state index contributed by atoms with van der Waals surface area (Å²) in [6.45, 7) is 8.44. The van der Waals surface area contributed by atoms with Gasteiger partial charge in [-0.05, 0) is 34.4 Å². The first-order valence-electron chi connectivity index (χ1n) is 6.29. The Kier molecular flexibility index (Phi) is 3.35. The number of tetrazole rings is 1. The molecule has 0 radical (unpaired) electrons. The van der Waals surface area contributed by atoms with Gasteiger partial charge in [-0.2, -0.15) is 4.68 Å². The summed E-state index contributed by atoms with van der Waals surface area (Å²) in [6, 6.07) is 4.05. The zero-order valence-corrected chi connectivity index (χ0v) is 12.4. The van der Waals surface area contributed by atoms with E-state index in [-0.39, 0.29) is 5.41 Å². The molecule has 0 N–H and O–H groups in total. The molecule has 0 aliphatic carbocycles. The lowest BCUT2D eigenvalue weighted by molar-refractivity contribution is 0.412. The normalized spacial score (nSPS) is 11.6. The zero-order valence-electron chi connectivity index (χ0n) is 12.4. The van der Waals surface area contributed by atoms with Gasteiger partial charge in [0.2, 0.25) is 0 Å². The van der Waals surface area contributed by atoms with Crippen LogP contribution in [0.5, 0.6) is 5.75 Å². The van der Waals surface area contributed by atoms with Gasteiger partial charge in [-0.1, -0.05) is 26.2 Å². The van der Waals surface area contributed by atoms with Gasteiger partial charge in [0, 0.05) is 6.07 Å². The SMILES string of the molecule is Bc1c(-n2nnnc2C)cc(OC)cc1C(C)(C)C. The van der Waals surface area contributed by atoms with Crippen molar-refractivity contribution in [1.29, 1.82) is 0 Å². The number of hydrogen-bond donors (Lipinski definition) is 0. The van der Waals surface area contributed by atoms with E-state index in [0.717, 1.165) is 17.3 Å². The lowest BCUT2D eigenvalue weighted by atomic mass is 9.76. The molecule has 1 heterocycles. The molecule has 1 aromatic heterocycles. The first-order chi connectivity index (χ1) is 8.84. The van der Waals surface area contributed by atoms with Crippen LogP contribution in [0.2, 0.25) is 0 Å². The van der Waals surface area contributed by atoms with Crippen molar-refractivity contribution >= 4 is 13.3 Å². The van der Waals surface area contributed by atoms with Gasteiger partial charge in [0.15, 0.2) is 5.82 Å². The van der Waals surface area contributed by atoms with E-state index < -0.39 is 0 Å². The Labute approximate surface area is 114 Å². The predicted molar refractivity (Wildman–Crippen MR) is 77.3 cm³/mol. The molecule has 0 aliphatic heterocycles. The van der Waals surface area contributed by atoms with Gasteiger partial charge in [0.25, 0.3) is 0 Å². The summed E-state index contributed by atoms with van der Waals surface area (Å²) in [4.78, 5) is 0. The van der Waals surface area contributed by atoms with Gasteiger partial charge in [0.05, 0.1) is 12.8 Å². The molecule has 5 nitrogen and oxygen atoms in total. The maximum absolute atomic E-state index is 5.40. The lowest BCUT2D eigenvalue weighted by Crippen LogP contribution is -2.27. The second-order valence-electron chi connectivity index (χ2n) is 5.71. The van der Waals surface area contributed by atoms with Gasteiger partial charge in [0.1, 0.15) is 13.6 Å². The standard InChI is InChI=1S/C13H19BN4O/c1-8-15-16-17-18(8)11-7-9(19-5)6-10(12(11)14)13(2,3)4/h6-7H,14H2,1-5H3. The lowest BCUT2D eigenvalue weighted by Gasteiger charge is -2.24. The molecular formula is C13H19BN4O. The number of rotatable bonds is 2. The number of aromatic nitrogens is 4. The maximum Gasteiger partial charge on any atom is 0.153 e. The Morgan fingerprint density at radius 2 is 1.95 bits per heavy atom. The van der Waals surface area contributed by atoms with Gasteiger partial charge < -0.3 is 4.74 Å². The molecule has 2 aromatic rings. The Hall–Kier alpha value is -1.85. The van der Waals surface area contributed by atoms with Crippen LogP contribution in [0.15, 0.2) is 12.1 Å². The molecule has 1 aromatic carbocycles. The number of ether oxygens (including phenoxy) is 1. The first-order valence-corrected chi connectivity index (χ1v) is 6.29. The zero-order chi connectivity index (χ0) is 14.2. The Morgan fingerprint density at radius 3 is 2.42 bits per heavy atom. The van der Waals surface area contributed by atoms with Crippen molar-refractivity contribution in [3.05, 3.63) is 23.5 Å². The molecule has 0 amide bonds. The summed E-state index contributed by atoms with van der Waals surface area (Å²) in [7, 11) is 3.77. The van der Waals surface area contributed by atoms with E-state index in [4.69, 9.17) is 4.74 Å². The van der Waals surface area contributed by atoms with Crippen LogP contribution in [-0.4, -0.2) is 35.2 Å². The topological polar surface area (TPSA) is 52.8 Å². The smallest absolute Gasteiger partial charge is 0.153 e. The Morgan fingerprint density at radius 1 is 1.26 bits per heavy atom. The summed E-state index contributed by atoms with van der Waals surface area (Å²) < 4.78 is 7.14. The number of aryl methyl sites for hydroxylation is 1. The van der Waals surface area contributed by atoms with Crippen molar-refractivity contribution in [2.75, 3.05) is 7.11 Å². The summed E-state index contributed by atoms with van der Waals surface area (Å²) in [6.07, 6.45) is 0. The summed E-state index contributed by atoms with van der Waals surface area (Å²) in [5, 5.41) is 11.7. The van der Waals surface area contributed by atoms with Crippen LogP contribution >= 0.6 is 0 Å². The fourth-order valence-corrected chi connectivity index (χ4v) is 2.24. The summed E-state index contributed by atoms with van der Waals surface area (Å²) in [5.74, 6) is 1.58. The van der Waals surface area contributed by atoms with Crippen LogP contribution in [0.1, 0.15) is 32.2 Å². The highest BCUT2D eigenvalue weighted by molar-refractivity contribution is 6.36. The quantitative estimate of drug-likeness (QED) is 0.737. The van der Waals surface area contributed by atoms with Crippen LogP contribution < -0.4 is 10.2 Å². The van der Waals surface area contributed by atoms with Gasteiger partial charge in [-0.3, -0.25) is 0 Å². The number of hydrogen-bond acceptors (Lipinski definition) is 4. The highest BCUT2D eigenvalue weighted by Crippen LogP contribution is 2.26. The Balaban J connectivity index is 2.71. The van der Waals surface area contributed by atoms with E-state index in [1.165, 1.54) is 11.0 Å². The molecule has 0 aliphatic rings. The van der Waals surface area contributed by atoms with E-state index in [9.17, 15) is 0 Å². The molecule has 19 heavy (non-hydrogen) atoms. The van der Waals surface area contributed by atoms with Crippen molar-refractivity contribution < 1.29 is 4.74 Å². The molecule has 0 fully saturated rings. The summed E-state index contributed by atoms with van der Waals surface area (Å²) >= 11 is 0. The van der Waals surface area contributed by atoms with Crippen LogP contribution in [-0.2, 0) is 5.41 Å². The van der Waals surface area contributed by atoms with Crippen molar-refractivity contribution in [2.24, 2.45) is 0 Å². The highest BCUT2D eigenvalue weighted by atomic mass is 16.5. The van der Waals surface area contributed by atoms with E-state index in [1.54, 1.807) is 11.8 Å². The maximum atomic E-state index is 5.40. The number of nitrogens with zero attached hydrogens (tertiary/aromatic N) is 4. The minimum atomic E-state index is 0.0370. The second kappa shape index (κ2) is 4.68. The fraction of sp³-hybridized carbons (Fsp3) is 0.462. The molecule has 6 heteroatoms. The van der Waals surface area contributed by atoms with Crippen LogP contribution in [0.25, 0.3) is 5.69 Å². The third-order valence-electron chi connectivity index (χ3n) is 3.25. The number of methoxy groups -OCH3 is 1. The summed E-state index contributed by atoms with van der Waals surface area (Å²) in [5.41, 5.74) is 3.40. The van der Waals surface area contributed by atoms with E-state index in [2.05, 4.69) is 50.2 Å². The third kappa shape index (κ3) is 2.48.